The Morgan fingerprint density at radius 3 is 2.41 bits per heavy atom. The van der Waals surface area contributed by atoms with Gasteiger partial charge in [-0.05, 0) is 55.4 Å². The van der Waals surface area contributed by atoms with E-state index in [2.05, 4.69) is 15.6 Å². The van der Waals surface area contributed by atoms with Crippen LogP contribution in [0.4, 0.5) is 19.0 Å². The lowest BCUT2D eigenvalue weighted by molar-refractivity contribution is -0.118. The number of amides is 2. The molecule has 0 fully saturated rings. The molecule has 2 aromatic rings. The molecule has 1 aromatic carbocycles. The highest BCUT2D eigenvalue weighted by Gasteiger charge is 2.29. The Labute approximate surface area is 171 Å². The number of pyridine rings is 1. The van der Waals surface area contributed by atoms with Gasteiger partial charge >= 0.3 is 5.51 Å². The molecular formula is C20H22F3N3O2S. The van der Waals surface area contributed by atoms with Gasteiger partial charge in [0.25, 0.3) is 5.91 Å². The van der Waals surface area contributed by atoms with E-state index < -0.39 is 17.5 Å². The Hall–Kier alpha value is -2.55. The van der Waals surface area contributed by atoms with E-state index in [1.54, 1.807) is 39.8 Å². The molecule has 156 valence electrons. The Bertz CT molecular complexity index is 901. The Kier molecular flexibility index (Phi) is 7.29. The van der Waals surface area contributed by atoms with Crippen LogP contribution in [0.3, 0.4) is 0 Å². The number of nitrogens with zero attached hydrogens (tertiary/aromatic N) is 1. The van der Waals surface area contributed by atoms with Gasteiger partial charge in [-0.3, -0.25) is 9.59 Å². The first-order chi connectivity index (χ1) is 13.4. The van der Waals surface area contributed by atoms with Crippen molar-refractivity contribution in [3.63, 3.8) is 0 Å². The van der Waals surface area contributed by atoms with Gasteiger partial charge in [0.15, 0.2) is 0 Å². The summed E-state index contributed by atoms with van der Waals surface area (Å²) in [7, 11) is 0. The van der Waals surface area contributed by atoms with Crippen molar-refractivity contribution < 1.29 is 22.8 Å². The van der Waals surface area contributed by atoms with Gasteiger partial charge in [-0.1, -0.05) is 26.0 Å². The van der Waals surface area contributed by atoms with Crippen LogP contribution in [-0.4, -0.2) is 22.3 Å². The van der Waals surface area contributed by atoms with Crippen LogP contribution in [0.2, 0.25) is 0 Å². The molecule has 1 aromatic heterocycles. The second-order valence-corrected chi connectivity index (χ2v) is 7.98. The van der Waals surface area contributed by atoms with E-state index >= 15 is 0 Å². The first-order valence-electron chi connectivity index (χ1n) is 8.90. The van der Waals surface area contributed by atoms with Gasteiger partial charge in [0.05, 0.1) is 6.04 Å². The topological polar surface area (TPSA) is 71.1 Å². The van der Waals surface area contributed by atoms with Crippen LogP contribution < -0.4 is 10.6 Å². The van der Waals surface area contributed by atoms with E-state index in [1.807, 2.05) is 0 Å². The predicted molar refractivity (Wildman–Crippen MR) is 107 cm³/mol. The molecule has 2 amide bonds. The van der Waals surface area contributed by atoms with Crippen LogP contribution in [0, 0.1) is 12.8 Å². The predicted octanol–water partition coefficient (Wildman–Crippen LogP) is 5.09. The molecular weight excluding hydrogens is 403 g/mol. The number of hydrogen-bond acceptors (Lipinski definition) is 4. The number of hydrogen-bond donors (Lipinski definition) is 2. The zero-order valence-corrected chi connectivity index (χ0v) is 17.2. The first kappa shape index (κ1) is 22.7. The molecule has 0 radical (unpaired) electrons. The fourth-order valence-corrected chi connectivity index (χ4v) is 3.09. The average molecular weight is 425 g/mol. The van der Waals surface area contributed by atoms with Gasteiger partial charge in [-0.2, -0.15) is 13.2 Å². The Morgan fingerprint density at radius 2 is 1.79 bits per heavy atom. The summed E-state index contributed by atoms with van der Waals surface area (Å²) in [6.07, 6.45) is 0. The maximum atomic E-state index is 12.6. The maximum absolute atomic E-state index is 12.6. The molecule has 2 N–H and O–H groups in total. The van der Waals surface area contributed by atoms with Crippen molar-refractivity contribution in [1.29, 1.82) is 0 Å². The molecule has 5 nitrogen and oxygen atoms in total. The van der Waals surface area contributed by atoms with E-state index in [0.29, 0.717) is 16.8 Å². The number of carbonyl (C=O) groups is 2. The van der Waals surface area contributed by atoms with Crippen molar-refractivity contribution >= 4 is 29.4 Å². The number of alkyl halides is 3. The molecule has 2 rings (SSSR count). The molecule has 0 bridgehead atoms. The molecule has 0 aliphatic rings. The van der Waals surface area contributed by atoms with E-state index in [0.717, 1.165) is 0 Å². The lowest BCUT2D eigenvalue weighted by atomic mass is 10.1. The van der Waals surface area contributed by atoms with Gasteiger partial charge in [0.2, 0.25) is 5.91 Å². The summed E-state index contributed by atoms with van der Waals surface area (Å²) in [5, 5.41) is 5.42. The quantitative estimate of drug-likeness (QED) is 0.633. The monoisotopic (exact) mass is 425 g/mol. The lowest BCUT2D eigenvalue weighted by Crippen LogP contribution is -2.27. The fraction of sp³-hybridized carbons (Fsp3) is 0.350. The summed E-state index contributed by atoms with van der Waals surface area (Å²) in [6.45, 7) is 6.87. The number of halogens is 3. The second kappa shape index (κ2) is 9.30. The highest BCUT2D eigenvalue weighted by Crippen LogP contribution is 2.37. The third kappa shape index (κ3) is 7.08. The van der Waals surface area contributed by atoms with Crippen molar-refractivity contribution in [2.45, 2.75) is 44.1 Å². The number of anilines is 1. The summed E-state index contributed by atoms with van der Waals surface area (Å²) in [4.78, 5) is 28.7. The Balaban J connectivity index is 2.14. The van der Waals surface area contributed by atoms with Gasteiger partial charge in [0.1, 0.15) is 5.82 Å². The van der Waals surface area contributed by atoms with Crippen LogP contribution in [0.5, 0.6) is 0 Å². The minimum atomic E-state index is -4.38. The Morgan fingerprint density at radius 1 is 1.10 bits per heavy atom. The van der Waals surface area contributed by atoms with E-state index in [4.69, 9.17) is 0 Å². The minimum Gasteiger partial charge on any atom is -0.346 e. The number of aromatic nitrogens is 1. The molecule has 1 atom stereocenters. The first-order valence-corrected chi connectivity index (χ1v) is 9.72. The molecule has 1 heterocycles. The molecule has 1 unspecified atom stereocenters. The molecule has 0 saturated carbocycles. The second-order valence-electron chi connectivity index (χ2n) is 6.84. The minimum absolute atomic E-state index is 0.0505. The van der Waals surface area contributed by atoms with Crippen LogP contribution in [0.15, 0.2) is 41.3 Å². The number of rotatable bonds is 6. The average Bonchev–Trinajstić information content (AvgIpc) is 2.59. The molecule has 0 aliphatic carbocycles. The SMILES string of the molecule is Cc1cc(C(=O)NC(C)c2cccc(SC(F)(F)F)c2)cc(NC(=O)C(C)C)n1. The van der Waals surface area contributed by atoms with Gasteiger partial charge in [-0.15, -0.1) is 0 Å². The highest BCUT2D eigenvalue weighted by molar-refractivity contribution is 8.00. The third-order valence-electron chi connectivity index (χ3n) is 3.93. The van der Waals surface area contributed by atoms with Crippen LogP contribution in [0.25, 0.3) is 0 Å². The molecule has 0 saturated heterocycles. The smallest absolute Gasteiger partial charge is 0.346 e. The van der Waals surface area contributed by atoms with Crippen molar-refractivity contribution in [3.8, 4) is 0 Å². The summed E-state index contributed by atoms with van der Waals surface area (Å²) in [5.74, 6) is -0.611. The number of benzene rings is 1. The third-order valence-corrected chi connectivity index (χ3v) is 4.65. The normalized spacial score (nSPS) is 12.6. The van der Waals surface area contributed by atoms with Crippen molar-refractivity contribution in [1.82, 2.24) is 10.3 Å². The maximum Gasteiger partial charge on any atom is 0.446 e. The van der Waals surface area contributed by atoms with E-state index in [9.17, 15) is 22.8 Å². The van der Waals surface area contributed by atoms with Gasteiger partial charge in [-0.25, -0.2) is 4.98 Å². The van der Waals surface area contributed by atoms with Crippen LogP contribution >= 0.6 is 11.8 Å². The van der Waals surface area contributed by atoms with E-state index in [1.165, 1.54) is 24.3 Å². The van der Waals surface area contributed by atoms with Crippen molar-refractivity contribution in [2.24, 2.45) is 5.92 Å². The van der Waals surface area contributed by atoms with Crippen LogP contribution in [0.1, 0.15) is 48.4 Å². The molecule has 29 heavy (non-hydrogen) atoms. The molecule has 9 heteroatoms. The zero-order valence-electron chi connectivity index (χ0n) is 16.4. The summed E-state index contributed by atoms with van der Waals surface area (Å²) in [6, 6.07) is 8.45. The standard InChI is InChI=1S/C20H22F3N3O2S/c1-11(2)18(27)26-17-10-15(8-12(3)24-17)19(28)25-13(4)14-6-5-7-16(9-14)29-20(21,22)23/h5-11,13H,1-4H3,(H,25,28)(H,24,26,27). The lowest BCUT2D eigenvalue weighted by Gasteiger charge is -2.16. The largest absolute Gasteiger partial charge is 0.446 e. The highest BCUT2D eigenvalue weighted by atomic mass is 32.2. The van der Waals surface area contributed by atoms with Crippen molar-refractivity contribution in [3.05, 3.63) is 53.2 Å². The van der Waals surface area contributed by atoms with E-state index in [-0.39, 0.29) is 34.3 Å². The zero-order chi connectivity index (χ0) is 21.8. The summed E-state index contributed by atoms with van der Waals surface area (Å²) >= 11 is -0.202. The van der Waals surface area contributed by atoms with Gasteiger partial charge < -0.3 is 10.6 Å². The molecule has 0 spiro atoms. The van der Waals surface area contributed by atoms with Crippen LogP contribution in [-0.2, 0) is 4.79 Å². The number of thioether (sulfide) groups is 1. The number of aryl methyl sites for hydroxylation is 1. The van der Waals surface area contributed by atoms with Crippen molar-refractivity contribution in [2.75, 3.05) is 5.32 Å². The number of carbonyl (C=O) groups excluding carboxylic acids is 2. The summed E-state index contributed by atoms with van der Waals surface area (Å²) in [5.41, 5.74) is -2.99. The summed E-state index contributed by atoms with van der Waals surface area (Å²) < 4.78 is 37.7. The molecule has 0 aliphatic heterocycles. The number of nitrogens with one attached hydrogen (secondary N) is 2. The van der Waals surface area contributed by atoms with Gasteiger partial charge in [0, 0.05) is 22.1 Å². The fourth-order valence-electron chi connectivity index (χ4n) is 2.48.